The summed E-state index contributed by atoms with van der Waals surface area (Å²) in [5, 5.41) is 9.97. The Labute approximate surface area is 260 Å². The number of allylic oxidation sites excluding steroid dienone is 4. The van der Waals surface area contributed by atoms with E-state index in [0.717, 1.165) is 51.4 Å². The quantitative estimate of drug-likeness (QED) is 0.0478. The van der Waals surface area contributed by atoms with Gasteiger partial charge in [0, 0.05) is 12.8 Å². The van der Waals surface area contributed by atoms with Gasteiger partial charge in [-0.25, -0.2) is 0 Å². The number of hydrogen-bond donors (Lipinski definition) is 1. The first-order valence-corrected chi connectivity index (χ1v) is 17.9. The fraction of sp³-hybridized carbons (Fsp3) is 0.838. The van der Waals surface area contributed by atoms with E-state index in [-0.39, 0.29) is 25.2 Å². The third kappa shape index (κ3) is 32.9. The highest BCUT2D eigenvalue weighted by atomic mass is 16.6. The van der Waals surface area contributed by atoms with Crippen LogP contribution in [0.2, 0.25) is 0 Å². The van der Waals surface area contributed by atoms with E-state index in [2.05, 4.69) is 38.2 Å². The minimum absolute atomic E-state index is 0.121. The lowest BCUT2D eigenvalue weighted by Gasteiger charge is -2.12. The molecule has 1 unspecified atom stereocenters. The van der Waals surface area contributed by atoms with Crippen molar-refractivity contribution in [3.8, 4) is 0 Å². The second-order valence-corrected chi connectivity index (χ2v) is 12.0. The number of hydrogen-bond acceptors (Lipinski definition) is 5. The SMILES string of the molecule is CCCCCC/C=C\CCCCCCCC(=O)OCC(O)COC(=O)CCCCCCC/C=C\CCCCCCCC. The maximum absolute atomic E-state index is 11.9. The minimum atomic E-state index is -0.966. The molecule has 5 nitrogen and oxygen atoms in total. The average Bonchev–Trinajstić information content (AvgIpc) is 2.99. The van der Waals surface area contributed by atoms with Crippen molar-refractivity contribution in [2.24, 2.45) is 0 Å². The predicted molar refractivity (Wildman–Crippen MR) is 178 cm³/mol. The molecule has 0 heterocycles. The standard InChI is InChI=1S/C37H68O5/c1-3-5-7-9-11-13-15-17-18-20-22-24-26-28-30-32-37(40)42-34-35(38)33-41-36(39)31-29-27-25-23-21-19-16-14-12-10-8-6-4-2/h14,16-18,35,38H,3-13,15,19-34H2,1-2H3/b16-14-,18-17-. The summed E-state index contributed by atoms with van der Waals surface area (Å²) in [6.45, 7) is 4.26. The van der Waals surface area contributed by atoms with Crippen molar-refractivity contribution in [1.82, 2.24) is 0 Å². The van der Waals surface area contributed by atoms with Crippen molar-refractivity contribution in [3.63, 3.8) is 0 Å². The van der Waals surface area contributed by atoms with Gasteiger partial charge >= 0.3 is 11.9 Å². The first-order chi connectivity index (χ1) is 20.6. The molecule has 0 rings (SSSR count). The van der Waals surface area contributed by atoms with Crippen LogP contribution < -0.4 is 0 Å². The predicted octanol–water partition coefficient (Wildman–Crippen LogP) is 10.7. The topological polar surface area (TPSA) is 72.8 Å². The van der Waals surface area contributed by atoms with Crippen LogP contribution in [-0.2, 0) is 19.1 Å². The lowest BCUT2D eigenvalue weighted by atomic mass is 10.1. The van der Waals surface area contributed by atoms with Gasteiger partial charge in [-0.15, -0.1) is 0 Å². The minimum Gasteiger partial charge on any atom is -0.463 e. The average molecular weight is 593 g/mol. The van der Waals surface area contributed by atoms with Gasteiger partial charge in [0.2, 0.25) is 0 Å². The summed E-state index contributed by atoms with van der Waals surface area (Å²) in [4.78, 5) is 23.8. The van der Waals surface area contributed by atoms with Crippen LogP contribution in [0.3, 0.4) is 0 Å². The summed E-state index contributed by atoms with van der Waals surface area (Å²) in [6, 6.07) is 0. The summed E-state index contributed by atoms with van der Waals surface area (Å²) in [5.74, 6) is -0.583. The highest BCUT2D eigenvalue weighted by Crippen LogP contribution is 2.11. The van der Waals surface area contributed by atoms with E-state index < -0.39 is 6.10 Å². The normalized spacial score (nSPS) is 12.4. The van der Waals surface area contributed by atoms with Crippen molar-refractivity contribution >= 4 is 11.9 Å². The van der Waals surface area contributed by atoms with Crippen molar-refractivity contribution in [2.45, 2.75) is 187 Å². The van der Waals surface area contributed by atoms with Crippen molar-refractivity contribution in [1.29, 1.82) is 0 Å². The molecule has 0 aliphatic carbocycles. The van der Waals surface area contributed by atoms with Crippen LogP contribution in [0.15, 0.2) is 24.3 Å². The van der Waals surface area contributed by atoms with Crippen LogP contribution in [-0.4, -0.2) is 36.4 Å². The van der Waals surface area contributed by atoms with Crippen molar-refractivity contribution < 1.29 is 24.2 Å². The van der Waals surface area contributed by atoms with E-state index in [1.807, 2.05) is 0 Å². The largest absolute Gasteiger partial charge is 0.463 e. The van der Waals surface area contributed by atoms with Gasteiger partial charge in [-0.1, -0.05) is 128 Å². The van der Waals surface area contributed by atoms with Crippen LogP contribution in [0.1, 0.15) is 181 Å². The van der Waals surface area contributed by atoms with E-state index in [4.69, 9.17) is 9.47 Å². The molecule has 1 N–H and O–H groups in total. The van der Waals surface area contributed by atoms with E-state index >= 15 is 0 Å². The van der Waals surface area contributed by atoms with E-state index in [1.165, 1.54) is 103 Å². The smallest absolute Gasteiger partial charge is 0.305 e. The number of aliphatic hydroxyl groups is 1. The van der Waals surface area contributed by atoms with Crippen LogP contribution in [0.5, 0.6) is 0 Å². The molecule has 1 atom stereocenters. The molecule has 42 heavy (non-hydrogen) atoms. The van der Waals surface area contributed by atoms with Gasteiger partial charge in [-0.2, -0.15) is 0 Å². The molecule has 0 saturated heterocycles. The number of esters is 2. The molecule has 0 aliphatic heterocycles. The van der Waals surface area contributed by atoms with Crippen molar-refractivity contribution in [3.05, 3.63) is 24.3 Å². The van der Waals surface area contributed by atoms with E-state index in [0.29, 0.717) is 12.8 Å². The van der Waals surface area contributed by atoms with Crippen LogP contribution in [0.4, 0.5) is 0 Å². The molecular weight excluding hydrogens is 524 g/mol. The monoisotopic (exact) mass is 593 g/mol. The van der Waals surface area contributed by atoms with Gasteiger partial charge in [-0.3, -0.25) is 9.59 Å². The molecule has 5 heteroatoms. The second kappa shape index (κ2) is 33.9. The Morgan fingerprint density at radius 3 is 1.12 bits per heavy atom. The zero-order chi connectivity index (χ0) is 30.8. The maximum Gasteiger partial charge on any atom is 0.305 e. The fourth-order valence-corrected chi connectivity index (χ4v) is 4.90. The Morgan fingerprint density at radius 1 is 0.476 bits per heavy atom. The molecular formula is C37H68O5. The summed E-state index contributed by atoms with van der Waals surface area (Å²) < 4.78 is 10.3. The Hall–Kier alpha value is -1.62. The lowest BCUT2D eigenvalue weighted by Crippen LogP contribution is -2.25. The highest BCUT2D eigenvalue weighted by Gasteiger charge is 2.12. The number of aliphatic hydroxyl groups excluding tert-OH is 1. The first-order valence-electron chi connectivity index (χ1n) is 17.9. The van der Waals surface area contributed by atoms with Gasteiger partial charge in [0.25, 0.3) is 0 Å². The number of unbranched alkanes of at least 4 members (excludes halogenated alkanes) is 20. The molecule has 0 spiro atoms. The Balaban J connectivity index is 3.46. The molecule has 246 valence electrons. The molecule has 0 aliphatic rings. The molecule has 0 amide bonds. The number of ether oxygens (including phenoxy) is 2. The van der Waals surface area contributed by atoms with Crippen LogP contribution in [0, 0.1) is 0 Å². The Kier molecular flexibility index (Phi) is 32.6. The summed E-state index contributed by atoms with van der Waals surface area (Å²) in [7, 11) is 0. The Bertz CT molecular complexity index is 642. The first kappa shape index (κ1) is 40.4. The van der Waals surface area contributed by atoms with E-state index in [9.17, 15) is 14.7 Å². The molecule has 0 bridgehead atoms. The van der Waals surface area contributed by atoms with Crippen molar-refractivity contribution in [2.75, 3.05) is 13.2 Å². The van der Waals surface area contributed by atoms with Gasteiger partial charge in [0.05, 0.1) is 0 Å². The Morgan fingerprint density at radius 2 is 0.762 bits per heavy atom. The van der Waals surface area contributed by atoms with Gasteiger partial charge < -0.3 is 14.6 Å². The van der Waals surface area contributed by atoms with Gasteiger partial charge in [0.1, 0.15) is 19.3 Å². The number of rotatable bonds is 32. The second-order valence-electron chi connectivity index (χ2n) is 12.0. The van der Waals surface area contributed by atoms with Crippen LogP contribution >= 0.6 is 0 Å². The summed E-state index contributed by atoms with van der Waals surface area (Å²) in [5.41, 5.74) is 0. The molecule has 0 saturated carbocycles. The third-order valence-corrected chi connectivity index (χ3v) is 7.66. The van der Waals surface area contributed by atoms with Crippen LogP contribution in [0.25, 0.3) is 0 Å². The maximum atomic E-state index is 11.9. The molecule has 0 radical (unpaired) electrons. The number of carbonyl (C=O) groups excluding carboxylic acids is 2. The van der Waals surface area contributed by atoms with Gasteiger partial charge in [0.15, 0.2) is 0 Å². The zero-order valence-electron chi connectivity index (χ0n) is 27.8. The fourth-order valence-electron chi connectivity index (χ4n) is 4.90. The highest BCUT2D eigenvalue weighted by molar-refractivity contribution is 5.69. The zero-order valence-corrected chi connectivity index (χ0v) is 27.8. The number of carbonyl (C=O) groups is 2. The van der Waals surface area contributed by atoms with E-state index in [1.54, 1.807) is 0 Å². The molecule has 0 fully saturated rings. The summed E-state index contributed by atoms with van der Waals surface area (Å²) >= 11 is 0. The molecule has 0 aromatic carbocycles. The molecule has 0 aromatic heterocycles. The molecule has 0 aromatic rings. The summed E-state index contributed by atoms with van der Waals surface area (Å²) in [6.07, 6.45) is 37.9. The lowest BCUT2D eigenvalue weighted by molar-refractivity contribution is -0.152. The van der Waals surface area contributed by atoms with Gasteiger partial charge in [-0.05, 0) is 64.2 Å². The third-order valence-electron chi connectivity index (χ3n) is 7.66.